The van der Waals surface area contributed by atoms with E-state index in [0.717, 1.165) is 49.7 Å². The minimum atomic E-state index is 0.152. The van der Waals surface area contributed by atoms with E-state index in [1.54, 1.807) is 0 Å². The molecule has 150 valence electrons. The molecule has 1 aliphatic rings. The first-order valence-electron chi connectivity index (χ1n) is 10.1. The van der Waals surface area contributed by atoms with Crippen molar-refractivity contribution < 1.29 is 9.59 Å². The van der Waals surface area contributed by atoms with Crippen molar-refractivity contribution in [2.75, 3.05) is 44.2 Å². The van der Waals surface area contributed by atoms with Gasteiger partial charge in [-0.3, -0.25) is 9.59 Å². The summed E-state index contributed by atoms with van der Waals surface area (Å²) in [6.45, 7) is 8.77. The molecule has 0 N–H and O–H groups in total. The number of rotatable bonds is 9. The summed E-state index contributed by atoms with van der Waals surface area (Å²) in [5.74, 6) is 0.328. The van der Waals surface area contributed by atoms with Gasteiger partial charge in [-0.1, -0.05) is 37.6 Å². The molecule has 1 aliphatic heterocycles. The summed E-state index contributed by atoms with van der Waals surface area (Å²) in [5, 5.41) is 0.750. The Morgan fingerprint density at radius 2 is 1.63 bits per heavy atom. The number of halogens is 1. The lowest BCUT2D eigenvalue weighted by Gasteiger charge is -2.36. The summed E-state index contributed by atoms with van der Waals surface area (Å²) < 4.78 is 0. The number of piperazine rings is 1. The van der Waals surface area contributed by atoms with Crippen molar-refractivity contribution in [2.24, 2.45) is 0 Å². The molecule has 1 aromatic carbocycles. The highest BCUT2D eigenvalue weighted by Gasteiger charge is 2.22. The summed E-state index contributed by atoms with van der Waals surface area (Å²) in [7, 11) is 0. The van der Waals surface area contributed by atoms with Crippen LogP contribution in [0.4, 0.5) is 5.69 Å². The Labute approximate surface area is 168 Å². The van der Waals surface area contributed by atoms with Gasteiger partial charge in [0, 0.05) is 52.1 Å². The standard InChI is InChI=1S/C21H32ClN3O2/c1-3-12-24(13-4-2)20(26)10-7-11-21(27)25-16-14-23(15-17-25)19-9-6-5-8-18(19)22/h5-6,8-9H,3-4,7,10-17H2,1-2H3. The van der Waals surface area contributed by atoms with E-state index >= 15 is 0 Å². The Kier molecular flexibility index (Phi) is 8.92. The van der Waals surface area contributed by atoms with Crippen LogP contribution in [0, 0.1) is 0 Å². The number of benzene rings is 1. The summed E-state index contributed by atoms with van der Waals surface area (Å²) >= 11 is 6.27. The molecular weight excluding hydrogens is 362 g/mol. The third-order valence-corrected chi connectivity index (χ3v) is 5.27. The van der Waals surface area contributed by atoms with E-state index in [-0.39, 0.29) is 11.8 Å². The number of hydrogen-bond donors (Lipinski definition) is 0. The molecule has 1 fully saturated rings. The minimum Gasteiger partial charge on any atom is -0.367 e. The van der Waals surface area contributed by atoms with Gasteiger partial charge in [-0.05, 0) is 31.4 Å². The van der Waals surface area contributed by atoms with Crippen LogP contribution < -0.4 is 4.90 Å². The van der Waals surface area contributed by atoms with Crippen LogP contribution in [0.25, 0.3) is 0 Å². The number of carbonyl (C=O) groups excluding carboxylic acids is 2. The molecule has 6 heteroatoms. The van der Waals surface area contributed by atoms with Crippen molar-refractivity contribution in [1.29, 1.82) is 0 Å². The van der Waals surface area contributed by atoms with E-state index in [1.807, 2.05) is 34.1 Å². The molecule has 0 aromatic heterocycles. The lowest BCUT2D eigenvalue weighted by molar-refractivity contribution is -0.133. The van der Waals surface area contributed by atoms with Gasteiger partial charge in [0.05, 0.1) is 10.7 Å². The molecule has 27 heavy (non-hydrogen) atoms. The van der Waals surface area contributed by atoms with Gasteiger partial charge in [0.2, 0.25) is 11.8 Å². The SMILES string of the molecule is CCCN(CCC)C(=O)CCCC(=O)N1CCN(c2ccccc2Cl)CC1. The molecule has 0 aliphatic carbocycles. The molecule has 0 atom stereocenters. The lowest BCUT2D eigenvalue weighted by atomic mass is 10.1. The first-order chi connectivity index (χ1) is 13.1. The monoisotopic (exact) mass is 393 g/mol. The second-order valence-corrected chi connectivity index (χ2v) is 7.46. The van der Waals surface area contributed by atoms with Gasteiger partial charge < -0.3 is 14.7 Å². The zero-order valence-electron chi connectivity index (χ0n) is 16.6. The predicted octanol–water partition coefficient (Wildman–Crippen LogP) is 3.81. The fraction of sp³-hybridized carbons (Fsp3) is 0.619. The summed E-state index contributed by atoms with van der Waals surface area (Å²) in [5.41, 5.74) is 1.03. The average Bonchev–Trinajstić information content (AvgIpc) is 2.68. The van der Waals surface area contributed by atoms with E-state index in [9.17, 15) is 9.59 Å². The first kappa shape index (κ1) is 21.5. The molecule has 5 nitrogen and oxygen atoms in total. The zero-order valence-corrected chi connectivity index (χ0v) is 17.4. The Morgan fingerprint density at radius 1 is 1.00 bits per heavy atom. The van der Waals surface area contributed by atoms with Crippen molar-refractivity contribution in [1.82, 2.24) is 9.80 Å². The van der Waals surface area contributed by atoms with Crippen molar-refractivity contribution >= 4 is 29.1 Å². The van der Waals surface area contributed by atoms with Crippen molar-refractivity contribution in [3.63, 3.8) is 0 Å². The van der Waals surface area contributed by atoms with Gasteiger partial charge in [-0.15, -0.1) is 0 Å². The van der Waals surface area contributed by atoms with Crippen LogP contribution in [-0.2, 0) is 9.59 Å². The highest BCUT2D eigenvalue weighted by atomic mass is 35.5. The summed E-state index contributed by atoms with van der Waals surface area (Å²) in [6.07, 6.45) is 3.49. The topological polar surface area (TPSA) is 43.9 Å². The third-order valence-electron chi connectivity index (χ3n) is 4.95. The quantitative estimate of drug-likeness (QED) is 0.640. The highest BCUT2D eigenvalue weighted by Crippen LogP contribution is 2.26. The normalized spacial score (nSPS) is 14.3. The van der Waals surface area contributed by atoms with Crippen LogP contribution in [-0.4, -0.2) is 60.9 Å². The molecular formula is C21H32ClN3O2. The van der Waals surface area contributed by atoms with Gasteiger partial charge in [-0.2, -0.15) is 0 Å². The maximum Gasteiger partial charge on any atom is 0.222 e. The lowest BCUT2D eigenvalue weighted by Crippen LogP contribution is -2.48. The van der Waals surface area contributed by atoms with Crippen molar-refractivity contribution in [3.05, 3.63) is 29.3 Å². The molecule has 0 saturated carbocycles. The molecule has 1 aromatic rings. The molecule has 0 radical (unpaired) electrons. The smallest absolute Gasteiger partial charge is 0.222 e. The Morgan fingerprint density at radius 3 is 2.22 bits per heavy atom. The molecule has 0 bridgehead atoms. The van der Waals surface area contributed by atoms with E-state index < -0.39 is 0 Å². The maximum atomic E-state index is 12.5. The van der Waals surface area contributed by atoms with E-state index in [4.69, 9.17) is 11.6 Å². The largest absolute Gasteiger partial charge is 0.367 e. The fourth-order valence-corrected chi connectivity index (χ4v) is 3.77. The number of carbonyl (C=O) groups is 2. The third kappa shape index (κ3) is 6.42. The van der Waals surface area contributed by atoms with Crippen molar-refractivity contribution in [3.8, 4) is 0 Å². The molecule has 2 rings (SSSR count). The van der Waals surface area contributed by atoms with Gasteiger partial charge in [0.25, 0.3) is 0 Å². The van der Waals surface area contributed by atoms with Crippen LogP contribution >= 0.6 is 11.6 Å². The molecule has 1 heterocycles. The van der Waals surface area contributed by atoms with Gasteiger partial charge in [-0.25, -0.2) is 0 Å². The molecule has 1 saturated heterocycles. The first-order valence-corrected chi connectivity index (χ1v) is 10.5. The molecule has 2 amide bonds. The van der Waals surface area contributed by atoms with Crippen LogP contribution in [0.3, 0.4) is 0 Å². The minimum absolute atomic E-state index is 0.152. The second-order valence-electron chi connectivity index (χ2n) is 7.05. The Balaban J connectivity index is 1.73. The summed E-state index contributed by atoms with van der Waals surface area (Å²) in [4.78, 5) is 30.8. The van der Waals surface area contributed by atoms with Crippen molar-refractivity contribution in [2.45, 2.75) is 46.0 Å². The van der Waals surface area contributed by atoms with Gasteiger partial charge in [0.15, 0.2) is 0 Å². The second kappa shape index (κ2) is 11.2. The van der Waals surface area contributed by atoms with E-state index in [1.165, 1.54) is 0 Å². The number of hydrogen-bond acceptors (Lipinski definition) is 3. The van der Waals surface area contributed by atoms with Crippen LogP contribution in [0.5, 0.6) is 0 Å². The maximum absolute atomic E-state index is 12.5. The van der Waals surface area contributed by atoms with Crippen LogP contribution in [0.2, 0.25) is 5.02 Å². The van der Waals surface area contributed by atoms with E-state index in [2.05, 4.69) is 18.7 Å². The number of amides is 2. The molecule has 0 spiro atoms. The zero-order chi connectivity index (χ0) is 19.6. The Bertz CT molecular complexity index is 609. The van der Waals surface area contributed by atoms with Gasteiger partial charge in [0.1, 0.15) is 0 Å². The summed E-state index contributed by atoms with van der Waals surface area (Å²) in [6, 6.07) is 7.82. The molecule has 0 unspecified atom stereocenters. The van der Waals surface area contributed by atoms with Crippen LogP contribution in [0.1, 0.15) is 46.0 Å². The number of anilines is 1. The number of para-hydroxylation sites is 1. The number of nitrogens with zero attached hydrogens (tertiary/aromatic N) is 3. The average molecular weight is 394 g/mol. The predicted molar refractivity (Wildman–Crippen MR) is 111 cm³/mol. The highest BCUT2D eigenvalue weighted by molar-refractivity contribution is 6.33. The van der Waals surface area contributed by atoms with Gasteiger partial charge >= 0.3 is 0 Å². The fourth-order valence-electron chi connectivity index (χ4n) is 3.51. The van der Waals surface area contributed by atoms with Crippen LogP contribution in [0.15, 0.2) is 24.3 Å². The Hall–Kier alpha value is -1.75. The van der Waals surface area contributed by atoms with E-state index in [0.29, 0.717) is 32.4 Å².